The normalized spacial score (nSPS) is 10.5. The van der Waals surface area contributed by atoms with E-state index in [0.29, 0.717) is 17.1 Å². The van der Waals surface area contributed by atoms with Gasteiger partial charge < -0.3 is 15.4 Å². The van der Waals surface area contributed by atoms with Crippen molar-refractivity contribution in [2.45, 2.75) is 5.16 Å². The first-order valence-corrected chi connectivity index (χ1v) is 9.72. The predicted molar refractivity (Wildman–Crippen MR) is 110 cm³/mol. The van der Waals surface area contributed by atoms with Crippen molar-refractivity contribution < 1.29 is 14.3 Å². The van der Waals surface area contributed by atoms with Crippen molar-refractivity contribution in [3.05, 3.63) is 66.5 Å². The highest BCUT2D eigenvalue weighted by Gasteiger charge is 2.18. The van der Waals surface area contributed by atoms with E-state index < -0.39 is 0 Å². The Labute approximate surface area is 167 Å². The average molecular weight is 396 g/mol. The van der Waals surface area contributed by atoms with Gasteiger partial charge in [-0.25, -0.2) is 4.98 Å². The molecule has 3 rings (SSSR count). The van der Waals surface area contributed by atoms with Crippen molar-refractivity contribution in [2.75, 3.05) is 30.6 Å². The quantitative estimate of drug-likeness (QED) is 0.598. The number of thioether (sulfide) groups is 1. The second kappa shape index (κ2) is 9.20. The predicted octanol–water partition coefficient (Wildman–Crippen LogP) is 3.43. The van der Waals surface area contributed by atoms with Gasteiger partial charge in [-0.3, -0.25) is 14.2 Å². The number of imidazole rings is 1. The molecule has 144 valence electrons. The molecular weight excluding hydrogens is 376 g/mol. The standard InChI is InChI=1S/C20H20N4O3S/c1-27-13-18(25)22-14-7-6-8-15(11-14)23-19(26)17-12-21-20(28-2)24(17)16-9-4-3-5-10-16/h3-12H,13H2,1-2H3,(H,22,25)(H,23,26). The molecule has 0 unspecified atom stereocenters. The van der Waals surface area contributed by atoms with Gasteiger partial charge in [-0.2, -0.15) is 0 Å². The van der Waals surface area contributed by atoms with E-state index in [1.54, 1.807) is 30.5 Å². The molecule has 0 aliphatic heterocycles. The summed E-state index contributed by atoms with van der Waals surface area (Å²) in [5.41, 5.74) is 2.41. The van der Waals surface area contributed by atoms with Gasteiger partial charge in [0.2, 0.25) is 5.91 Å². The van der Waals surface area contributed by atoms with Gasteiger partial charge in [0.1, 0.15) is 12.3 Å². The molecule has 0 spiro atoms. The van der Waals surface area contributed by atoms with Gasteiger partial charge in [0.05, 0.1) is 6.20 Å². The minimum atomic E-state index is -0.294. The summed E-state index contributed by atoms with van der Waals surface area (Å²) in [4.78, 5) is 28.9. The zero-order valence-corrected chi connectivity index (χ0v) is 16.3. The molecule has 2 N–H and O–H groups in total. The lowest BCUT2D eigenvalue weighted by molar-refractivity contribution is -0.119. The van der Waals surface area contributed by atoms with E-state index >= 15 is 0 Å². The monoisotopic (exact) mass is 396 g/mol. The third-order valence-corrected chi connectivity index (χ3v) is 4.49. The second-order valence-corrected chi connectivity index (χ2v) is 6.59. The maximum atomic E-state index is 12.9. The Bertz CT molecular complexity index is 973. The molecule has 0 saturated carbocycles. The number of rotatable bonds is 7. The van der Waals surface area contributed by atoms with E-state index in [2.05, 4.69) is 15.6 Å². The smallest absolute Gasteiger partial charge is 0.274 e. The molecule has 0 atom stereocenters. The minimum absolute atomic E-state index is 0.0374. The molecule has 8 heteroatoms. The first kappa shape index (κ1) is 19.7. The molecule has 0 aliphatic rings. The topological polar surface area (TPSA) is 85.2 Å². The van der Waals surface area contributed by atoms with Crippen LogP contribution in [0.3, 0.4) is 0 Å². The van der Waals surface area contributed by atoms with Crippen molar-refractivity contribution in [1.82, 2.24) is 9.55 Å². The summed E-state index contributed by atoms with van der Waals surface area (Å²) in [5.74, 6) is -0.560. The molecule has 0 bridgehead atoms. The summed E-state index contributed by atoms with van der Waals surface area (Å²) in [6.45, 7) is -0.0374. The highest BCUT2D eigenvalue weighted by Crippen LogP contribution is 2.23. The average Bonchev–Trinajstić information content (AvgIpc) is 3.13. The van der Waals surface area contributed by atoms with Crippen LogP contribution in [-0.2, 0) is 9.53 Å². The van der Waals surface area contributed by atoms with Crippen LogP contribution in [-0.4, -0.2) is 41.3 Å². The van der Waals surface area contributed by atoms with Gasteiger partial charge in [-0.05, 0) is 36.6 Å². The highest BCUT2D eigenvalue weighted by atomic mass is 32.2. The number of carbonyl (C=O) groups excluding carboxylic acids is 2. The van der Waals surface area contributed by atoms with Crippen LogP contribution in [0.4, 0.5) is 11.4 Å². The van der Waals surface area contributed by atoms with Crippen LogP contribution < -0.4 is 10.6 Å². The van der Waals surface area contributed by atoms with Crippen molar-refractivity contribution in [2.24, 2.45) is 0 Å². The highest BCUT2D eigenvalue weighted by molar-refractivity contribution is 7.98. The van der Waals surface area contributed by atoms with E-state index in [1.807, 2.05) is 41.2 Å². The Morgan fingerprint density at radius 2 is 1.79 bits per heavy atom. The third kappa shape index (κ3) is 4.59. The minimum Gasteiger partial charge on any atom is -0.375 e. The number of para-hydroxylation sites is 1. The second-order valence-electron chi connectivity index (χ2n) is 5.82. The van der Waals surface area contributed by atoms with Gasteiger partial charge in [-0.1, -0.05) is 36.0 Å². The number of hydrogen-bond acceptors (Lipinski definition) is 5. The molecule has 0 radical (unpaired) electrons. The molecule has 7 nitrogen and oxygen atoms in total. The Hall–Kier alpha value is -3.10. The number of ether oxygens (including phenoxy) is 1. The lowest BCUT2D eigenvalue weighted by Gasteiger charge is -2.12. The molecule has 2 amide bonds. The van der Waals surface area contributed by atoms with Crippen LogP contribution in [0.2, 0.25) is 0 Å². The van der Waals surface area contributed by atoms with Crippen molar-refractivity contribution in [3.63, 3.8) is 0 Å². The van der Waals surface area contributed by atoms with Crippen LogP contribution in [0.25, 0.3) is 5.69 Å². The van der Waals surface area contributed by atoms with Gasteiger partial charge in [0, 0.05) is 24.2 Å². The van der Waals surface area contributed by atoms with E-state index in [1.165, 1.54) is 18.9 Å². The number of methoxy groups -OCH3 is 1. The molecule has 0 fully saturated rings. The lowest BCUT2D eigenvalue weighted by Crippen LogP contribution is -2.18. The molecule has 1 aromatic heterocycles. The SMILES string of the molecule is COCC(=O)Nc1cccc(NC(=O)c2cnc(SC)n2-c2ccccc2)c1. The molecular formula is C20H20N4O3S. The van der Waals surface area contributed by atoms with Gasteiger partial charge in [0.25, 0.3) is 5.91 Å². The van der Waals surface area contributed by atoms with E-state index in [9.17, 15) is 9.59 Å². The molecule has 2 aromatic carbocycles. The number of anilines is 2. The first-order valence-electron chi connectivity index (χ1n) is 8.49. The number of hydrogen-bond donors (Lipinski definition) is 2. The number of nitrogens with one attached hydrogen (secondary N) is 2. The summed E-state index contributed by atoms with van der Waals surface area (Å²) in [6.07, 6.45) is 3.47. The van der Waals surface area contributed by atoms with Gasteiger partial charge in [0.15, 0.2) is 5.16 Å². The Balaban J connectivity index is 1.83. The van der Waals surface area contributed by atoms with Crippen LogP contribution in [0, 0.1) is 0 Å². The van der Waals surface area contributed by atoms with E-state index in [0.717, 1.165) is 10.8 Å². The van der Waals surface area contributed by atoms with Crippen molar-refractivity contribution in [1.29, 1.82) is 0 Å². The third-order valence-electron chi connectivity index (χ3n) is 3.84. The fourth-order valence-electron chi connectivity index (χ4n) is 2.66. The van der Waals surface area contributed by atoms with Gasteiger partial charge >= 0.3 is 0 Å². The summed E-state index contributed by atoms with van der Waals surface area (Å²) in [5, 5.41) is 6.29. The number of amides is 2. The molecule has 0 saturated heterocycles. The fraction of sp³-hybridized carbons (Fsp3) is 0.150. The summed E-state index contributed by atoms with van der Waals surface area (Å²) >= 11 is 1.46. The van der Waals surface area contributed by atoms with Crippen LogP contribution in [0.5, 0.6) is 0 Å². The summed E-state index contributed by atoms with van der Waals surface area (Å²) < 4.78 is 6.61. The number of carbonyl (C=O) groups is 2. The summed E-state index contributed by atoms with van der Waals surface area (Å²) in [6, 6.07) is 16.5. The van der Waals surface area contributed by atoms with Gasteiger partial charge in [-0.15, -0.1) is 0 Å². The lowest BCUT2D eigenvalue weighted by atomic mass is 10.2. The zero-order valence-electron chi connectivity index (χ0n) is 15.5. The van der Waals surface area contributed by atoms with E-state index in [-0.39, 0.29) is 18.4 Å². The first-order chi connectivity index (χ1) is 13.6. The van der Waals surface area contributed by atoms with Crippen LogP contribution in [0.1, 0.15) is 10.5 Å². The maximum absolute atomic E-state index is 12.9. The van der Waals surface area contributed by atoms with Crippen molar-refractivity contribution in [3.8, 4) is 5.69 Å². The Kier molecular flexibility index (Phi) is 6.46. The van der Waals surface area contributed by atoms with Crippen LogP contribution in [0.15, 0.2) is 66.0 Å². The fourth-order valence-corrected chi connectivity index (χ4v) is 3.21. The largest absolute Gasteiger partial charge is 0.375 e. The molecule has 3 aromatic rings. The number of aromatic nitrogens is 2. The Morgan fingerprint density at radius 3 is 2.46 bits per heavy atom. The summed E-state index contributed by atoms with van der Waals surface area (Å²) in [7, 11) is 1.45. The van der Waals surface area contributed by atoms with Crippen molar-refractivity contribution >= 4 is 35.0 Å². The zero-order chi connectivity index (χ0) is 19.9. The molecule has 0 aliphatic carbocycles. The van der Waals surface area contributed by atoms with E-state index in [4.69, 9.17) is 4.74 Å². The Morgan fingerprint density at radius 1 is 1.07 bits per heavy atom. The number of nitrogens with zero attached hydrogens (tertiary/aromatic N) is 2. The van der Waals surface area contributed by atoms with Crippen LogP contribution >= 0.6 is 11.8 Å². The molecule has 28 heavy (non-hydrogen) atoms. The maximum Gasteiger partial charge on any atom is 0.274 e. The molecule has 1 heterocycles. The number of benzene rings is 2.